The molecule has 0 bridgehead atoms. The molecule has 5 nitrogen and oxygen atoms in total. The van der Waals surface area contributed by atoms with E-state index in [4.69, 9.17) is 0 Å². The number of benzene rings is 2. The van der Waals surface area contributed by atoms with Gasteiger partial charge in [-0.3, -0.25) is 4.79 Å². The summed E-state index contributed by atoms with van der Waals surface area (Å²) in [5, 5.41) is 6.41. The molecule has 1 amide bonds. The maximum absolute atomic E-state index is 12.6. The van der Waals surface area contributed by atoms with Gasteiger partial charge in [-0.05, 0) is 42.6 Å². The van der Waals surface area contributed by atoms with E-state index in [1.165, 1.54) is 6.26 Å². The van der Waals surface area contributed by atoms with Gasteiger partial charge in [0.05, 0.1) is 10.9 Å². The van der Waals surface area contributed by atoms with Gasteiger partial charge < -0.3 is 10.6 Å². The number of carbonyl (C=O) groups is 1. The van der Waals surface area contributed by atoms with Gasteiger partial charge in [0.25, 0.3) is 0 Å². The first-order valence-electron chi connectivity index (χ1n) is 8.81. The van der Waals surface area contributed by atoms with E-state index in [-0.39, 0.29) is 22.9 Å². The molecule has 1 aliphatic rings. The zero-order valence-electron chi connectivity index (χ0n) is 14.8. The molecule has 26 heavy (non-hydrogen) atoms. The second kappa shape index (κ2) is 8.01. The van der Waals surface area contributed by atoms with Crippen LogP contribution in [0.5, 0.6) is 0 Å². The average molecular weight is 372 g/mol. The molecule has 0 spiro atoms. The van der Waals surface area contributed by atoms with E-state index in [1.807, 2.05) is 36.4 Å². The van der Waals surface area contributed by atoms with Crippen molar-refractivity contribution in [1.82, 2.24) is 10.6 Å². The Morgan fingerprint density at radius 3 is 2.54 bits per heavy atom. The lowest BCUT2D eigenvalue weighted by Crippen LogP contribution is -2.34. The molecule has 2 aromatic rings. The Bertz CT molecular complexity index is 860. The number of sulfone groups is 1. The van der Waals surface area contributed by atoms with E-state index in [0.29, 0.717) is 6.42 Å². The first-order valence-corrected chi connectivity index (χ1v) is 10.7. The Hall–Kier alpha value is -2.18. The van der Waals surface area contributed by atoms with Crippen molar-refractivity contribution in [2.24, 2.45) is 0 Å². The molecule has 1 fully saturated rings. The van der Waals surface area contributed by atoms with Crippen LogP contribution < -0.4 is 10.6 Å². The van der Waals surface area contributed by atoms with Gasteiger partial charge in [0.2, 0.25) is 5.91 Å². The van der Waals surface area contributed by atoms with Crippen LogP contribution in [0.3, 0.4) is 0 Å². The molecule has 1 heterocycles. The highest BCUT2D eigenvalue weighted by Gasteiger charge is 2.22. The quantitative estimate of drug-likeness (QED) is 0.817. The molecule has 0 aromatic heterocycles. The summed E-state index contributed by atoms with van der Waals surface area (Å²) in [6, 6.07) is 16.2. The maximum Gasteiger partial charge on any atom is 0.222 e. The molecule has 0 aliphatic carbocycles. The second-order valence-corrected chi connectivity index (χ2v) is 8.77. The fourth-order valence-corrected chi connectivity index (χ4v) is 3.98. The maximum atomic E-state index is 12.6. The summed E-state index contributed by atoms with van der Waals surface area (Å²) in [6.45, 7) is 0.955. The first-order chi connectivity index (χ1) is 12.4. The minimum Gasteiger partial charge on any atom is -0.345 e. The molecule has 6 heteroatoms. The van der Waals surface area contributed by atoms with Gasteiger partial charge in [0.1, 0.15) is 0 Å². The van der Waals surface area contributed by atoms with E-state index >= 15 is 0 Å². The minimum atomic E-state index is -3.31. The zero-order chi connectivity index (χ0) is 18.6. The summed E-state index contributed by atoms with van der Waals surface area (Å²) in [5.74, 6) is -0.0389. The summed E-state index contributed by atoms with van der Waals surface area (Å²) in [6.07, 6.45) is 3.71. The number of amides is 1. The summed E-state index contributed by atoms with van der Waals surface area (Å²) < 4.78 is 23.8. The molecule has 138 valence electrons. The van der Waals surface area contributed by atoms with Crippen molar-refractivity contribution >= 4 is 15.7 Å². The summed E-state index contributed by atoms with van der Waals surface area (Å²) in [7, 11) is -3.31. The number of hydrogen-bond acceptors (Lipinski definition) is 4. The van der Waals surface area contributed by atoms with E-state index in [9.17, 15) is 13.2 Å². The normalized spacial score (nSPS) is 18.4. The van der Waals surface area contributed by atoms with Crippen molar-refractivity contribution in [3.8, 4) is 0 Å². The highest BCUT2D eigenvalue weighted by Crippen LogP contribution is 2.25. The van der Waals surface area contributed by atoms with Crippen LogP contribution in [0.15, 0.2) is 59.5 Å². The Balaban J connectivity index is 1.88. The lowest BCUT2D eigenvalue weighted by atomic mass is 9.98. The zero-order valence-corrected chi connectivity index (χ0v) is 15.6. The molecule has 0 saturated carbocycles. The highest BCUT2D eigenvalue weighted by molar-refractivity contribution is 7.90. The van der Waals surface area contributed by atoms with Crippen LogP contribution in [0.2, 0.25) is 0 Å². The van der Waals surface area contributed by atoms with Crippen molar-refractivity contribution in [1.29, 1.82) is 0 Å². The van der Waals surface area contributed by atoms with Crippen LogP contribution in [-0.4, -0.2) is 33.2 Å². The van der Waals surface area contributed by atoms with Crippen LogP contribution in [0, 0.1) is 0 Å². The van der Waals surface area contributed by atoms with Gasteiger partial charge in [-0.1, -0.05) is 42.5 Å². The van der Waals surface area contributed by atoms with Gasteiger partial charge in [0.15, 0.2) is 9.84 Å². The number of hydrogen-bond donors (Lipinski definition) is 2. The molecule has 1 saturated heterocycles. The minimum absolute atomic E-state index is 0.0389. The lowest BCUT2D eigenvalue weighted by Gasteiger charge is -2.21. The third-order valence-corrected chi connectivity index (χ3v) is 5.76. The molecule has 2 N–H and O–H groups in total. The molecular formula is C20H24N2O3S. The van der Waals surface area contributed by atoms with E-state index in [1.54, 1.807) is 18.2 Å². The van der Waals surface area contributed by atoms with Crippen LogP contribution >= 0.6 is 0 Å². The molecule has 1 aliphatic heterocycles. The topological polar surface area (TPSA) is 75.3 Å². The Labute approximate surface area is 154 Å². The lowest BCUT2D eigenvalue weighted by molar-refractivity contribution is -0.122. The number of rotatable bonds is 6. The molecule has 3 rings (SSSR count). The van der Waals surface area contributed by atoms with Gasteiger partial charge in [0, 0.05) is 18.7 Å². The summed E-state index contributed by atoms with van der Waals surface area (Å²) in [4.78, 5) is 12.8. The Kier molecular flexibility index (Phi) is 5.74. The smallest absolute Gasteiger partial charge is 0.222 e. The SMILES string of the molecule is CS(=O)(=O)c1cccc(C(NC(=O)CC2CCCN2)c2ccccc2)c1. The third-order valence-electron chi connectivity index (χ3n) is 4.65. The number of carbonyl (C=O) groups excluding carboxylic acids is 1. The largest absolute Gasteiger partial charge is 0.345 e. The average Bonchev–Trinajstić information content (AvgIpc) is 3.13. The van der Waals surface area contributed by atoms with Gasteiger partial charge in [-0.25, -0.2) is 8.42 Å². The standard InChI is InChI=1S/C20H24N2O3S/c1-26(24,25)18-11-5-9-16(13-18)20(15-7-3-2-4-8-15)22-19(23)14-17-10-6-12-21-17/h2-5,7-9,11,13,17,20-21H,6,10,12,14H2,1H3,(H,22,23). The fraction of sp³-hybridized carbons (Fsp3) is 0.350. The van der Waals surface area contributed by atoms with Crippen molar-refractivity contribution < 1.29 is 13.2 Å². The van der Waals surface area contributed by atoms with E-state index in [0.717, 1.165) is 30.5 Å². The Morgan fingerprint density at radius 1 is 1.15 bits per heavy atom. The predicted molar refractivity (Wildman–Crippen MR) is 102 cm³/mol. The second-order valence-electron chi connectivity index (χ2n) is 6.75. The Morgan fingerprint density at radius 2 is 1.88 bits per heavy atom. The predicted octanol–water partition coefficient (Wildman–Crippen LogP) is 2.44. The van der Waals surface area contributed by atoms with Crippen LogP contribution in [0.4, 0.5) is 0 Å². The molecule has 2 atom stereocenters. The third kappa shape index (κ3) is 4.71. The summed E-state index contributed by atoms with van der Waals surface area (Å²) in [5.41, 5.74) is 1.68. The molecule has 0 radical (unpaired) electrons. The monoisotopic (exact) mass is 372 g/mol. The van der Waals surface area contributed by atoms with Crippen LogP contribution in [0.25, 0.3) is 0 Å². The highest BCUT2D eigenvalue weighted by atomic mass is 32.2. The molecular weight excluding hydrogens is 348 g/mol. The first kappa shape index (κ1) is 18.6. The summed E-state index contributed by atoms with van der Waals surface area (Å²) >= 11 is 0. The molecule has 2 unspecified atom stereocenters. The van der Waals surface area contributed by atoms with Gasteiger partial charge >= 0.3 is 0 Å². The van der Waals surface area contributed by atoms with E-state index in [2.05, 4.69) is 10.6 Å². The van der Waals surface area contributed by atoms with Crippen LogP contribution in [0.1, 0.15) is 36.4 Å². The number of nitrogens with one attached hydrogen (secondary N) is 2. The van der Waals surface area contributed by atoms with Crippen molar-refractivity contribution in [2.75, 3.05) is 12.8 Å². The van der Waals surface area contributed by atoms with E-state index < -0.39 is 9.84 Å². The van der Waals surface area contributed by atoms with Gasteiger partial charge in [-0.15, -0.1) is 0 Å². The fourth-order valence-electron chi connectivity index (χ4n) is 3.30. The van der Waals surface area contributed by atoms with Crippen molar-refractivity contribution in [3.05, 3.63) is 65.7 Å². The van der Waals surface area contributed by atoms with Gasteiger partial charge in [-0.2, -0.15) is 0 Å². The van der Waals surface area contributed by atoms with Crippen LogP contribution in [-0.2, 0) is 14.6 Å². The molecule has 2 aromatic carbocycles. The van der Waals surface area contributed by atoms with Crippen molar-refractivity contribution in [2.45, 2.75) is 36.2 Å². The van der Waals surface area contributed by atoms with Crippen molar-refractivity contribution in [3.63, 3.8) is 0 Å².